The van der Waals surface area contributed by atoms with Gasteiger partial charge in [0.05, 0.1) is 0 Å². The zero-order chi connectivity index (χ0) is 23.4. The van der Waals surface area contributed by atoms with Gasteiger partial charge in [-0.2, -0.15) is 0 Å². The summed E-state index contributed by atoms with van der Waals surface area (Å²) in [6.07, 6.45) is 1.54. The average molecular weight is 507 g/mol. The molecule has 2 heterocycles. The zero-order valence-electron chi connectivity index (χ0n) is 19.3. The van der Waals surface area contributed by atoms with E-state index in [-0.39, 0.29) is 11.6 Å². The summed E-state index contributed by atoms with van der Waals surface area (Å²) in [5.41, 5.74) is 8.16. The Kier molecular flexibility index (Phi) is 7.31. The molecule has 2 aromatic carbocycles. The van der Waals surface area contributed by atoms with Crippen molar-refractivity contribution < 1.29 is 9.53 Å². The Morgan fingerprint density at radius 2 is 1.73 bits per heavy atom. The fraction of sp³-hybridized carbons (Fsp3) is 0.320. The van der Waals surface area contributed by atoms with Crippen LogP contribution in [0.3, 0.4) is 0 Å². The van der Waals surface area contributed by atoms with Crippen LogP contribution < -0.4 is 24.3 Å². The number of carbonyl (C=O) groups excluding carboxylic acids is 1. The van der Waals surface area contributed by atoms with Crippen LogP contribution in [0.25, 0.3) is 0 Å². The molecule has 0 spiro atoms. The van der Waals surface area contributed by atoms with Gasteiger partial charge in [-0.25, -0.2) is 0 Å². The van der Waals surface area contributed by atoms with Crippen molar-refractivity contribution in [3.05, 3.63) is 65.9 Å². The van der Waals surface area contributed by atoms with Crippen molar-refractivity contribution in [1.29, 1.82) is 0 Å². The number of anilines is 2. The SMILES string of the molecule is COc1ccccc1C(=O)c1cnc([AsH]c2ccc(N3CCN(C(C)C)CC3)cc2)nc1N. The van der Waals surface area contributed by atoms with Crippen LogP contribution >= 0.6 is 0 Å². The first-order valence-electron chi connectivity index (χ1n) is 11.1. The van der Waals surface area contributed by atoms with Gasteiger partial charge in [-0.3, -0.25) is 0 Å². The number of methoxy groups -OCH3 is 1. The molecule has 0 bridgehead atoms. The first-order valence-corrected chi connectivity index (χ1v) is 13.2. The molecule has 1 aromatic heterocycles. The summed E-state index contributed by atoms with van der Waals surface area (Å²) in [6.45, 7) is 8.81. The maximum absolute atomic E-state index is 12.9. The number of para-hydroxylation sites is 1. The molecule has 172 valence electrons. The van der Waals surface area contributed by atoms with E-state index in [1.54, 1.807) is 24.4 Å². The first-order chi connectivity index (χ1) is 16.0. The van der Waals surface area contributed by atoms with E-state index >= 15 is 0 Å². The number of hydrogen-bond acceptors (Lipinski definition) is 7. The van der Waals surface area contributed by atoms with E-state index in [9.17, 15) is 4.79 Å². The molecule has 1 saturated heterocycles. The maximum atomic E-state index is 12.9. The predicted molar refractivity (Wildman–Crippen MR) is 135 cm³/mol. The molecule has 0 saturated carbocycles. The van der Waals surface area contributed by atoms with Crippen LogP contribution in [-0.4, -0.2) is 75.7 Å². The predicted octanol–water partition coefficient (Wildman–Crippen LogP) is 1.22. The first kappa shape index (κ1) is 23.3. The quantitative estimate of drug-likeness (QED) is 0.380. The Labute approximate surface area is 201 Å². The Bertz CT molecular complexity index is 1110. The standard InChI is InChI=1S/C25H30AsN5O2/c1-17(2)30-12-14-31(15-13-30)19-10-8-18(9-11-19)26-25-28-16-21(24(27)29-25)23(32)20-6-4-5-7-22(20)33-3/h4-11,16-17,26H,12-15H2,1-3H3,(H2,27,28,29). The van der Waals surface area contributed by atoms with E-state index in [1.807, 2.05) is 6.07 Å². The third kappa shape index (κ3) is 5.37. The molecular weight excluding hydrogens is 477 g/mol. The third-order valence-corrected chi connectivity index (χ3v) is 8.23. The number of carbonyl (C=O) groups is 1. The van der Waals surface area contributed by atoms with Gasteiger partial charge in [0.25, 0.3) is 0 Å². The molecular formula is C25H30AsN5O2. The van der Waals surface area contributed by atoms with Crippen molar-refractivity contribution in [2.24, 2.45) is 0 Å². The number of nitrogens with zero attached hydrogens (tertiary/aromatic N) is 4. The normalized spacial score (nSPS) is 14.8. The third-order valence-electron chi connectivity index (χ3n) is 5.95. The fourth-order valence-electron chi connectivity index (χ4n) is 3.99. The van der Waals surface area contributed by atoms with Gasteiger partial charge in [0.15, 0.2) is 0 Å². The van der Waals surface area contributed by atoms with Crippen molar-refractivity contribution in [2.75, 3.05) is 43.9 Å². The van der Waals surface area contributed by atoms with Crippen molar-refractivity contribution >= 4 is 42.0 Å². The fourth-order valence-corrected chi connectivity index (χ4v) is 5.87. The van der Waals surface area contributed by atoms with Gasteiger partial charge in [0.1, 0.15) is 0 Å². The average Bonchev–Trinajstić information content (AvgIpc) is 2.84. The van der Waals surface area contributed by atoms with Gasteiger partial charge in [-0.15, -0.1) is 0 Å². The second kappa shape index (κ2) is 10.4. The van der Waals surface area contributed by atoms with Crippen LogP contribution in [0.15, 0.2) is 54.7 Å². The number of hydrogen-bond donors (Lipinski definition) is 1. The molecule has 3 aromatic rings. The van der Waals surface area contributed by atoms with Crippen LogP contribution in [0.5, 0.6) is 5.75 Å². The van der Waals surface area contributed by atoms with Crippen LogP contribution in [0, 0.1) is 0 Å². The summed E-state index contributed by atoms with van der Waals surface area (Å²) in [5.74, 6) is 0.475. The molecule has 8 heteroatoms. The number of aromatic nitrogens is 2. The Morgan fingerprint density at radius 3 is 2.36 bits per heavy atom. The van der Waals surface area contributed by atoms with Gasteiger partial charge in [0.2, 0.25) is 0 Å². The second-order valence-electron chi connectivity index (χ2n) is 8.31. The van der Waals surface area contributed by atoms with E-state index in [1.165, 1.54) is 17.1 Å². The van der Waals surface area contributed by atoms with Gasteiger partial charge in [-0.05, 0) is 0 Å². The van der Waals surface area contributed by atoms with E-state index < -0.39 is 15.8 Å². The van der Waals surface area contributed by atoms with Crippen LogP contribution in [0.1, 0.15) is 29.8 Å². The van der Waals surface area contributed by atoms with Crippen LogP contribution in [0.4, 0.5) is 11.5 Å². The number of benzene rings is 2. The molecule has 1 fully saturated rings. The van der Waals surface area contributed by atoms with Crippen molar-refractivity contribution in [1.82, 2.24) is 14.9 Å². The summed E-state index contributed by atoms with van der Waals surface area (Å²) in [7, 11) is 1.54. The molecule has 33 heavy (non-hydrogen) atoms. The van der Waals surface area contributed by atoms with Gasteiger partial charge in [-0.1, -0.05) is 0 Å². The van der Waals surface area contributed by atoms with Gasteiger partial charge < -0.3 is 0 Å². The molecule has 0 amide bonds. The van der Waals surface area contributed by atoms with Crippen LogP contribution in [0.2, 0.25) is 0 Å². The molecule has 1 aliphatic rings. The van der Waals surface area contributed by atoms with Crippen molar-refractivity contribution in [3.63, 3.8) is 0 Å². The molecule has 7 nitrogen and oxygen atoms in total. The van der Waals surface area contributed by atoms with Gasteiger partial charge >= 0.3 is 202 Å². The minimum absolute atomic E-state index is 0.208. The number of ketones is 1. The summed E-state index contributed by atoms with van der Waals surface area (Å²) in [4.78, 5) is 26.8. The molecule has 1 aliphatic heterocycles. The van der Waals surface area contributed by atoms with Gasteiger partial charge in [0, 0.05) is 0 Å². The molecule has 0 radical (unpaired) electrons. The summed E-state index contributed by atoms with van der Waals surface area (Å²) in [6, 6.07) is 16.4. The number of piperazine rings is 1. The Hall–Kier alpha value is -2.89. The number of ether oxygens (including phenoxy) is 1. The second-order valence-corrected chi connectivity index (χ2v) is 11.0. The topological polar surface area (TPSA) is 84.6 Å². The monoisotopic (exact) mass is 507 g/mol. The zero-order valence-corrected chi connectivity index (χ0v) is 21.4. The number of rotatable bonds is 7. The Morgan fingerprint density at radius 1 is 1.03 bits per heavy atom. The summed E-state index contributed by atoms with van der Waals surface area (Å²) < 4.78 is 7.23. The van der Waals surface area contributed by atoms with E-state index in [0.29, 0.717) is 27.5 Å². The molecule has 2 N–H and O–H groups in total. The molecule has 0 aliphatic carbocycles. The molecule has 1 unspecified atom stereocenters. The summed E-state index contributed by atoms with van der Waals surface area (Å²) >= 11 is -0.755. The van der Waals surface area contributed by atoms with Crippen molar-refractivity contribution in [2.45, 2.75) is 19.9 Å². The van der Waals surface area contributed by atoms with E-state index in [2.05, 4.69) is 57.9 Å². The Balaban J connectivity index is 1.43. The summed E-state index contributed by atoms with van der Waals surface area (Å²) in [5, 5.41) is 0. The molecule has 4 rings (SSSR count). The number of nitrogen functional groups attached to an aromatic ring is 1. The number of nitrogens with two attached hydrogens (primary N) is 1. The van der Waals surface area contributed by atoms with Crippen molar-refractivity contribution in [3.8, 4) is 5.75 Å². The van der Waals surface area contributed by atoms with E-state index in [4.69, 9.17) is 10.5 Å². The minimum atomic E-state index is -0.755. The van der Waals surface area contributed by atoms with E-state index in [0.717, 1.165) is 26.2 Å². The van der Waals surface area contributed by atoms with Crippen LogP contribution in [-0.2, 0) is 0 Å². The molecule has 1 atom stereocenters.